The molecule has 1 amide bonds. The van der Waals surface area contributed by atoms with Crippen LogP contribution in [-0.4, -0.2) is 39.3 Å². The number of carbonyl (C=O) groups excluding carboxylic acids is 1. The molecule has 7 nitrogen and oxygen atoms in total. The number of H-pyrrole nitrogens is 1. The fourth-order valence-electron chi connectivity index (χ4n) is 4.68. The summed E-state index contributed by atoms with van der Waals surface area (Å²) in [6.45, 7) is 5.41. The summed E-state index contributed by atoms with van der Waals surface area (Å²) < 4.78 is 11.8. The Kier molecular flexibility index (Phi) is 7.06. The van der Waals surface area contributed by atoms with Crippen LogP contribution < -0.4 is 9.47 Å². The average molecular weight is 518 g/mol. The maximum absolute atomic E-state index is 13.7. The monoisotopic (exact) mass is 517 g/mol. The molecule has 0 saturated heterocycles. The molecular formula is C29H28ClN3O4. The molecule has 1 aliphatic heterocycles. The molecule has 2 N–H and O–H groups in total. The van der Waals surface area contributed by atoms with Gasteiger partial charge in [-0.2, -0.15) is 5.10 Å². The Bertz CT molecular complexity index is 1420. The van der Waals surface area contributed by atoms with E-state index in [1.165, 1.54) is 6.07 Å². The number of nitrogens with one attached hydrogen (secondary N) is 1. The summed E-state index contributed by atoms with van der Waals surface area (Å²) in [5.74, 6) is 1.13. The molecule has 0 saturated carbocycles. The molecule has 8 heteroatoms. The first kappa shape index (κ1) is 24.7. The van der Waals surface area contributed by atoms with Crippen molar-refractivity contribution in [3.8, 4) is 28.5 Å². The number of halogens is 1. The van der Waals surface area contributed by atoms with Crippen molar-refractivity contribution >= 4 is 17.5 Å². The van der Waals surface area contributed by atoms with Gasteiger partial charge in [-0.3, -0.25) is 9.89 Å². The molecule has 1 unspecified atom stereocenters. The van der Waals surface area contributed by atoms with Crippen molar-refractivity contribution in [2.75, 3.05) is 13.2 Å². The summed E-state index contributed by atoms with van der Waals surface area (Å²) in [5, 5.41) is 18.5. The highest BCUT2D eigenvalue weighted by Gasteiger charge is 2.42. The molecule has 2 heterocycles. The number of fused-ring (bicyclic) bond motifs is 1. The quantitative estimate of drug-likeness (QED) is 0.269. The number of rotatable bonds is 9. The van der Waals surface area contributed by atoms with Crippen molar-refractivity contribution in [1.82, 2.24) is 15.1 Å². The van der Waals surface area contributed by atoms with E-state index in [4.69, 9.17) is 21.1 Å². The van der Waals surface area contributed by atoms with E-state index in [1.807, 2.05) is 62.4 Å². The van der Waals surface area contributed by atoms with Crippen LogP contribution in [0, 0.1) is 0 Å². The van der Waals surface area contributed by atoms with Gasteiger partial charge in [-0.15, -0.1) is 0 Å². The molecule has 0 aliphatic carbocycles. The van der Waals surface area contributed by atoms with Gasteiger partial charge in [-0.25, -0.2) is 0 Å². The zero-order valence-electron chi connectivity index (χ0n) is 20.7. The van der Waals surface area contributed by atoms with E-state index in [0.717, 1.165) is 17.5 Å². The Balaban J connectivity index is 1.66. The number of nitrogens with zero attached hydrogens (tertiary/aromatic N) is 2. The van der Waals surface area contributed by atoms with E-state index in [-0.39, 0.29) is 11.7 Å². The number of ether oxygens (including phenoxy) is 2. The third-order valence-corrected chi connectivity index (χ3v) is 6.55. The minimum absolute atomic E-state index is 0.0322. The maximum Gasteiger partial charge on any atom is 0.273 e. The molecule has 0 fully saturated rings. The van der Waals surface area contributed by atoms with Crippen LogP contribution in [0.25, 0.3) is 11.3 Å². The minimum atomic E-state index is -0.478. The first-order valence-electron chi connectivity index (χ1n) is 12.3. The second-order valence-electron chi connectivity index (χ2n) is 8.83. The summed E-state index contributed by atoms with van der Waals surface area (Å²) in [5.41, 5.74) is 3.85. The van der Waals surface area contributed by atoms with Gasteiger partial charge in [-0.1, -0.05) is 54.9 Å². The van der Waals surface area contributed by atoms with Crippen molar-refractivity contribution in [1.29, 1.82) is 0 Å². The van der Waals surface area contributed by atoms with Crippen LogP contribution in [0.4, 0.5) is 0 Å². The van der Waals surface area contributed by atoms with Crippen LogP contribution in [0.5, 0.6) is 17.2 Å². The molecule has 3 aromatic carbocycles. The van der Waals surface area contributed by atoms with E-state index in [0.29, 0.717) is 58.8 Å². The van der Waals surface area contributed by atoms with Crippen molar-refractivity contribution in [2.24, 2.45) is 0 Å². The number of phenolic OH excluding ortho intramolecular Hbond substituents is 1. The summed E-state index contributed by atoms with van der Waals surface area (Å²) in [4.78, 5) is 15.5. The lowest BCUT2D eigenvalue weighted by Gasteiger charge is -2.27. The first-order valence-corrected chi connectivity index (χ1v) is 12.7. The van der Waals surface area contributed by atoms with Crippen LogP contribution in [0.1, 0.15) is 53.5 Å². The fourth-order valence-corrected chi connectivity index (χ4v) is 4.86. The molecule has 1 aromatic heterocycles. The van der Waals surface area contributed by atoms with Crippen molar-refractivity contribution in [3.05, 3.63) is 94.1 Å². The zero-order valence-corrected chi connectivity index (χ0v) is 21.5. The molecule has 0 radical (unpaired) electrons. The van der Waals surface area contributed by atoms with Gasteiger partial charge in [0.2, 0.25) is 0 Å². The Hall–Kier alpha value is -3.97. The van der Waals surface area contributed by atoms with E-state index < -0.39 is 6.04 Å². The van der Waals surface area contributed by atoms with Crippen LogP contribution in [-0.2, 0) is 6.54 Å². The Morgan fingerprint density at radius 2 is 1.84 bits per heavy atom. The van der Waals surface area contributed by atoms with Gasteiger partial charge in [0.15, 0.2) is 11.5 Å². The average Bonchev–Trinajstić information content (AvgIpc) is 3.44. The van der Waals surface area contributed by atoms with E-state index >= 15 is 0 Å². The van der Waals surface area contributed by atoms with Crippen LogP contribution >= 0.6 is 11.6 Å². The Morgan fingerprint density at radius 3 is 2.59 bits per heavy atom. The van der Waals surface area contributed by atoms with Gasteiger partial charge in [0.1, 0.15) is 17.1 Å². The number of aromatic amines is 1. The molecule has 37 heavy (non-hydrogen) atoms. The molecule has 0 bridgehead atoms. The van der Waals surface area contributed by atoms with Crippen molar-refractivity contribution < 1.29 is 19.4 Å². The third-order valence-electron chi connectivity index (χ3n) is 6.32. The second kappa shape index (κ2) is 10.6. The highest BCUT2D eigenvalue weighted by molar-refractivity contribution is 6.31. The Morgan fingerprint density at radius 1 is 1.03 bits per heavy atom. The predicted molar refractivity (Wildman–Crippen MR) is 142 cm³/mol. The first-order chi connectivity index (χ1) is 18.0. The molecule has 5 rings (SSSR count). The molecule has 190 valence electrons. The fraction of sp³-hybridized carbons (Fsp3) is 0.241. The number of carbonyl (C=O) groups is 1. The number of amides is 1. The molecular weight excluding hydrogens is 490 g/mol. The van der Waals surface area contributed by atoms with E-state index in [2.05, 4.69) is 10.2 Å². The number of hydrogen-bond donors (Lipinski definition) is 2. The van der Waals surface area contributed by atoms with Crippen LogP contribution in [0.15, 0.2) is 66.7 Å². The molecule has 0 spiro atoms. The van der Waals surface area contributed by atoms with Crippen molar-refractivity contribution in [3.63, 3.8) is 0 Å². The topological polar surface area (TPSA) is 87.7 Å². The van der Waals surface area contributed by atoms with Gasteiger partial charge < -0.3 is 19.5 Å². The molecule has 4 aromatic rings. The van der Waals surface area contributed by atoms with E-state index in [1.54, 1.807) is 17.0 Å². The lowest BCUT2D eigenvalue weighted by Crippen LogP contribution is -2.29. The van der Waals surface area contributed by atoms with E-state index in [9.17, 15) is 9.90 Å². The molecule has 1 aliphatic rings. The summed E-state index contributed by atoms with van der Waals surface area (Å²) >= 11 is 6.26. The van der Waals surface area contributed by atoms with Gasteiger partial charge in [0.05, 0.1) is 19.3 Å². The zero-order chi connectivity index (χ0) is 25.9. The van der Waals surface area contributed by atoms with Crippen LogP contribution in [0.3, 0.4) is 0 Å². The largest absolute Gasteiger partial charge is 0.507 e. The SMILES string of the molecule is CCCOc1ccc(C2c3c(-c4cc(Cl)ccc4O)n[nH]c3C(=O)N2Cc2ccccc2)cc1OCC. The Labute approximate surface area is 220 Å². The summed E-state index contributed by atoms with van der Waals surface area (Å²) in [6.07, 6.45) is 0.875. The number of benzene rings is 3. The maximum atomic E-state index is 13.7. The lowest BCUT2D eigenvalue weighted by atomic mass is 9.95. The number of aromatic hydroxyl groups is 1. The predicted octanol–water partition coefficient (Wildman–Crippen LogP) is 6.37. The molecule has 1 atom stereocenters. The second-order valence-corrected chi connectivity index (χ2v) is 9.27. The normalized spacial score (nSPS) is 14.6. The van der Waals surface area contributed by atoms with Gasteiger partial charge in [0, 0.05) is 22.7 Å². The smallest absolute Gasteiger partial charge is 0.273 e. The van der Waals surface area contributed by atoms with Gasteiger partial charge >= 0.3 is 0 Å². The number of phenols is 1. The standard InChI is InChI=1S/C29H28ClN3O4/c1-3-14-37-23-13-10-19(15-24(23)36-4-2)28-25-26(21-16-20(30)11-12-22(21)34)31-32-27(25)29(35)33(28)17-18-8-6-5-7-9-18/h5-13,15-16,28,34H,3-4,14,17H2,1-2H3,(H,31,32). The van der Waals surface area contributed by atoms with Gasteiger partial charge in [-0.05, 0) is 54.8 Å². The third kappa shape index (κ3) is 4.74. The van der Waals surface area contributed by atoms with Gasteiger partial charge in [0.25, 0.3) is 5.91 Å². The van der Waals surface area contributed by atoms with Crippen LogP contribution in [0.2, 0.25) is 5.02 Å². The lowest BCUT2D eigenvalue weighted by molar-refractivity contribution is 0.0729. The summed E-state index contributed by atoms with van der Waals surface area (Å²) in [7, 11) is 0. The van der Waals surface area contributed by atoms with Crippen molar-refractivity contribution in [2.45, 2.75) is 32.9 Å². The number of aromatic nitrogens is 2. The highest BCUT2D eigenvalue weighted by Crippen LogP contribution is 2.46. The number of hydrogen-bond acceptors (Lipinski definition) is 5. The highest BCUT2D eigenvalue weighted by atomic mass is 35.5. The summed E-state index contributed by atoms with van der Waals surface area (Å²) in [6, 6.07) is 19.9. The minimum Gasteiger partial charge on any atom is -0.507 e.